The van der Waals surface area contributed by atoms with Gasteiger partial charge in [0.1, 0.15) is 12.3 Å². The number of sulfone groups is 1. The van der Waals surface area contributed by atoms with E-state index in [4.69, 9.17) is 4.74 Å². The number of benzene rings is 1. The van der Waals surface area contributed by atoms with Crippen LogP contribution < -0.4 is 5.32 Å². The molecule has 0 aromatic heterocycles. The van der Waals surface area contributed by atoms with Crippen LogP contribution in [0.4, 0.5) is 13.2 Å². The van der Waals surface area contributed by atoms with Gasteiger partial charge < -0.3 is 10.1 Å². The number of nitrogens with one attached hydrogen (secondary N) is 1. The molecule has 2 fully saturated rings. The lowest BCUT2D eigenvalue weighted by Gasteiger charge is -2.47. The summed E-state index contributed by atoms with van der Waals surface area (Å²) in [6.07, 6.45) is -1.71. The smallest absolute Gasteiger partial charge is 0.360 e. The zero-order valence-electron chi connectivity index (χ0n) is 17.2. The summed E-state index contributed by atoms with van der Waals surface area (Å²) in [7, 11) is -3.34. The minimum Gasteiger partial charge on any atom is -0.360 e. The highest BCUT2D eigenvalue weighted by atomic mass is 32.2. The summed E-state index contributed by atoms with van der Waals surface area (Å²) in [5.41, 5.74) is 0.771. The Morgan fingerprint density at radius 1 is 1.27 bits per heavy atom. The fourth-order valence-electron chi connectivity index (χ4n) is 4.06. The van der Waals surface area contributed by atoms with Gasteiger partial charge in [0.25, 0.3) is 0 Å². The van der Waals surface area contributed by atoms with Crippen LogP contribution in [0.25, 0.3) is 0 Å². The first-order chi connectivity index (χ1) is 14.1. The van der Waals surface area contributed by atoms with Crippen LogP contribution in [0, 0.1) is 0 Å². The van der Waals surface area contributed by atoms with Crippen molar-refractivity contribution in [2.24, 2.45) is 0 Å². The van der Waals surface area contributed by atoms with E-state index in [0.717, 1.165) is 30.4 Å². The minimum atomic E-state index is -4.43. The van der Waals surface area contributed by atoms with Crippen LogP contribution in [0.3, 0.4) is 0 Å². The summed E-state index contributed by atoms with van der Waals surface area (Å²) in [5.74, 6) is 1.02. The Bertz CT molecular complexity index is 797. The van der Waals surface area contributed by atoms with Crippen LogP contribution in [0.2, 0.25) is 0 Å². The molecule has 0 radical (unpaired) electrons. The average molecular weight is 467 g/mol. The summed E-state index contributed by atoms with van der Waals surface area (Å²) in [5, 5.41) is 2.88. The molecule has 3 rings (SSSR count). The molecule has 0 saturated carbocycles. The number of nitrogens with zero attached hydrogens (tertiary/aromatic N) is 1. The molecule has 170 valence electrons. The van der Waals surface area contributed by atoms with Gasteiger partial charge in [-0.05, 0) is 42.7 Å². The number of thioether (sulfide) groups is 1. The Hall–Kier alpha value is -0.810. The maximum Gasteiger partial charge on any atom is 0.407 e. The predicted octanol–water partition coefficient (Wildman–Crippen LogP) is 3.62. The monoisotopic (exact) mass is 466 g/mol. The van der Waals surface area contributed by atoms with Gasteiger partial charge in [0.05, 0.1) is 11.5 Å². The molecule has 1 aromatic rings. The van der Waals surface area contributed by atoms with Crippen LogP contribution in [-0.2, 0) is 14.6 Å². The van der Waals surface area contributed by atoms with Gasteiger partial charge in [0, 0.05) is 30.6 Å². The topological polar surface area (TPSA) is 58.6 Å². The van der Waals surface area contributed by atoms with Gasteiger partial charge in [0.2, 0.25) is 0 Å². The van der Waals surface area contributed by atoms with Gasteiger partial charge in [0.15, 0.2) is 9.84 Å². The van der Waals surface area contributed by atoms with Crippen molar-refractivity contribution in [1.82, 2.24) is 10.2 Å². The lowest BCUT2D eigenvalue weighted by molar-refractivity contribution is -0.229. The van der Waals surface area contributed by atoms with Gasteiger partial charge in [-0.3, -0.25) is 4.90 Å². The average Bonchev–Trinajstić information content (AvgIpc) is 3.19. The molecule has 2 heterocycles. The quantitative estimate of drug-likeness (QED) is 0.663. The fraction of sp³-hybridized carbons (Fsp3) is 0.700. The van der Waals surface area contributed by atoms with E-state index in [2.05, 4.69) is 5.32 Å². The van der Waals surface area contributed by atoms with E-state index in [-0.39, 0.29) is 22.7 Å². The molecule has 0 amide bonds. The highest BCUT2D eigenvalue weighted by molar-refractivity contribution is 8.00. The zero-order valence-corrected chi connectivity index (χ0v) is 18.8. The van der Waals surface area contributed by atoms with Crippen LogP contribution in [0.15, 0.2) is 29.2 Å². The van der Waals surface area contributed by atoms with E-state index >= 15 is 0 Å². The molecule has 0 bridgehead atoms. The lowest BCUT2D eigenvalue weighted by atomic mass is 9.99. The van der Waals surface area contributed by atoms with Crippen LogP contribution >= 0.6 is 11.8 Å². The van der Waals surface area contributed by atoms with E-state index in [0.29, 0.717) is 19.6 Å². The number of ether oxygens (including phenoxy) is 1. The van der Waals surface area contributed by atoms with E-state index in [1.165, 1.54) is 12.1 Å². The molecule has 2 saturated heterocycles. The number of hydrogen-bond acceptors (Lipinski definition) is 6. The standard InChI is InChI=1S/C20H29F3N2O3S2/c1-3-10-25-17(14-6-8-16(9-7-14)30(2,26)27)12-24-18(20(21,22)23)19(25)28-13-15-5-4-11-29-15/h6-9,15,17-19,24H,3-5,10-13H2,1-2H3. The van der Waals surface area contributed by atoms with E-state index in [9.17, 15) is 21.6 Å². The second-order valence-electron chi connectivity index (χ2n) is 7.88. The van der Waals surface area contributed by atoms with Crippen LogP contribution in [-0.4, -0.2) is 68.7 Å². The largest absolute Gasteiger partial charge is 0.407 e. The highest BCUT2D eigenvalue weighted by Crippen LogP contribution is 2.36. The molecular formula is C20H29F3N2O3S2. The lowest BCUT2D eigenvalue weighted by Crippen LogP contribution is -2.65. The van der Waals surface area contributed by atoms with Crippen molar-refractivity contribution in [3.63, 3.8) is 0 Å². The van der Waals surface area contributed by atoms with Crippen molar-refractivity contribution < 1.29 is 26.3 Å². The second-order valence-corrected chi connectivity index (χ2v) is 11.3. The Morgan fingerprint density at radius 3 is 2.50 bits per heavy atom. The van der Waals surface area contributed by atoms with Gasteiger partial charge in [-0.25, -0.2) is 8.42 Å². The predicted molar refractivity (Wildman–Crippen MR) is 112 cm³/mol. The fourth-order valence-corrected chi connectivity index (χ4v) is 5.87. The number of halogens is 3. The SMILES string of the molecule is CCCN1C(c2ccc(S(C)(=O)=O)cc2)CNC(C(F)(F)F)C1OCC1CCCS1. The summed E-state index contributed by atoms with van der Waals surface area (Å²) in [6, 6.07) is 4.29. The first-order valence-electron chi connectivity index (χ1n) is 10.2. The Labute approximate surface area is 180 Å². The molecule has 30 heavy (non-hydrogen) atoms. The first kappa shape index (κ1) is 23.8. The van der Waals surface area contributed by atoms with Crippen molar-refractivity contribution in [2.45, 2.75) is 60.8 Å². The number of hydrogen-bond donors (Lipinski definition) is 1. The van der Waals surface area contributed by atoms with Crippen molar-refractivity contribution in [2.75, 3.05) is 31.7 Å². The maximum atomic E-state index is 13.8. The molecule has 1 N–H and O–H groups in total. The minimum absolute atomic E-state index is 0.112. The molecular weight excluding hydrogens is 437 g/mol. The van der Waals surface area contributed by atoms with Crippen molar-refractivity contribution in [3.05, 3.63) is 29.8 Å². The van der Waals surface area contributed by atoms with Crippen LogP contribution in [0.5, 0.6) is 0 Å². The maximum absolute atomic E-state index is 13.8. The summed E-state index contributed by atoms with van der Waals surface area (Å²) < 4.78 is 70.7. The number of alkyl halides is 3. The van der Waals surface area contributed by atoms with Crippen molar-refractivity contribution in [3.8, 4) is 0 Å². The zero-order chi connectivity index (χ0) is 21.9. The van der Waals surface area contributed by atoms with E-state index in [1.54, 1.807) is 28.8 Å². The third-order valence-electron chi connectivity index (χ3n) is 5.55. The van der Waals surface area contributed by atoms with E-state index < -0.39 is 28.3 Å². The molecule has 2 aliphatic heterocycles. The summed E-state index contributed by atoms with van der Waals surface area (Å²) >= 11 is 1.75. The summed E-state index contributed by atoms with van der Waals surface area (Å²) in [4.78, 5) is 1.97. The van der Waals surface area contributed by atoms with Gasteiger partial charge in [-0.1, -0.05) is 19.1 Å². The van der Waals surface area contributed by atoms with Gasteiger partial charge in [-0.2, -0.15) is 24.9 Å². The van der Waals surface area contributed by atoms with Crippen LogP contribution in [0.1, 0.15) is 37.8 Å². The van der Waals surface area contributed by atoms with Gasteiger partial charge >= 0.3 is 6.18 Å². The molecule has 1 aromatic carbocycles. The summed E-state index contributed by atoms with van der Waals surface area (Å²) in [6.45, 7) is 2.79. The molecule has 10 heteroatoms. The van der Waals surface area contributed by atoms with E-state index in [1.807, 2.05) is 6.92 Å². The Kier molecular flexibility index (Phi) is 7.76. The molecule has 5 nitrogen and oxygen atoms in total. The highest BCUT2D eigenvalue weighted by Gasteiger charge is 2.51. The molecule has 0 aliphatic carbocycles. The molecule has 4 atom stereocenters. The molecule has 4 unspecified atom stereocenters. The van der Waals surface area contributed by atoms with Gasteiger partial charge in [-0.15, -0.1) is 0 Å². The molecule has 0 spiro atoms. The second kappa shape index (κ2) is 9.77. The first-order valence-corrected chi connectivity index (χ1v) is 13.1. The third-order valence-corrected chi connectivity index (χ3v) is 8.04. The normalized spacial score (nSPS) is 28.7. The third kappa shape index (κ3) is 5.70. The van der Waals surface area contributed by atoms with Crippen molar-refractivity contribution in [1.29, 1.82) is 0 Å². The Morgan fingerprint density at radius 2 is 1.97 bits per heavy atom. The van der Waals surface area contributed by atoms with Crippen molar-refractivity contribution >= 4 is 21.6 Å². The number of rotatable bonds is 7. The molecule has 2 aliphatic rings. The Balaban J connectivity index is 1.86. The number of piperazine rings is 1.